The number of aromatic nitrogens is 1. The molecule has 170 valence electrons. The number of carbonyl (C=O) groups is 1. The van der Waals surface area contributed by atoms with Crippen LogP contribution in [0.2, 0.25) is 0 Å². The molecule has 0 saturated carbocycles. The molecule has 1 atom stereocenters. The summed E-state index contributed by atoms with van der Waals surface area (Å²) in [7, 11) is 1.32. The molecule has 1 aromatic carbocycles. The summed E-state index contributed by atoms with van der Waals surface area (Å²) in [6.07, 6.45) is -4.25. The van der Waals surface area contributed by atoms with Crippen molar-refractivity contribution in [1.82, 2.24) is 9.88 Å². The Morgan fingerprint density at radius 2 is 1.90 bits per heavy atom. The van der Waals surface area contributed by atoms with Crippen molar-refractivity contribution in [3.05, 3.63) is 47.2 Å². The van der Waals surface area contributed by atoms with Crippen molar-refractivity contribution in [3.8, 4) is 17.0 Å². The smallest absolute Gasteiger partial charge is 0.401 e. The molecule has 5 nitrogen and oxygen atoms in total. The molecule has 2 N–H and O–H groups in total. The fraction of sp³-hybridized carbons (Fsp3) is 0.429. The van der Waals surface area contributed by atoms with Crippen LogP contribution in [0.4, 0.5) is 22.0 Å². The molecular formula is C21H24F5N3O2. The molecule has 2 aromatic rings. The molecule has 1 amide bonds. The lowest BCUT2D eigenvalue weighted by atomic mass is 9.93. The van der Waals surface area contributed by atoms with Gasteiger partial charge >= 0.3 is 6.18 Å². The molecule has 0 spiro atoms. The Labute approximate surface area is 177 Å². The van der Waals surface area contributed by atoms with E-state index in [-0.39, 0.29) is 29.2 Å². The van der Waals surface area contributed by atoms with Crippen LogP contribution in [0.25, 0.3) is 11.1 Å². The Morgan fingerprint density at radius 1 is 1.23 bits per heavy atom. The van der Waals surface area contributed by atoms with Crippen LogP contribution in [0.3, 0.4) is 0 Å². The summed E-state index contributed by atoms with van der Waals surface area (Å²) in [6, 6.07) is 4.32. The Kier molecular flexibility index (Phi) is 7.94. The number of hydrogen-bond donors (Lipinski definition) is 1. The third-order valence-corrected chi connectivity index (χ3v) is 4.52. The Balaban J connectivity index is 0.00000166. The fourth-order valence-corrected chi connectivity index (χ4v) is 3.33. The van der Waals surface area contributed by atoms with E-state index in [2.05, 4.69) is 4.98 Å². The van der Waals surface area contributed by atoms with Crippen LogP contribution < -0.4 is 10.5 Å². The zero-order chi connectivity index (χ0) is 23.3. The fourth-order valence-electron chi connectivity index (χ4n) is 3.33. The van der Waals surface area contributed by atoms with E-state index in [0.29, 0.717) is 24.5 Å². The molecule has 10 heteroatoms. The summed E-state index contributed by atoms with van der Waals surface area (Å²) in [5, 5.41) is 0. The quantitative estimate of drug-likeness (QED) is 0.696. The Hall–Kier alpha value is -2.75. The Bertz CT molecular complexity index is 934. The number of nitrogens with two attached hydrogens (primary N) is 1. The summed E-state index contributed by atoms with van der Waals surface area (Å²) < 4.78 is 70.9. The molecule has 0 saturated heterocycles. The van der Waals surface area contributed by atoms with Gasteiger partial charge in [0.2, 0.25) is 5.88 Å². The third kappa shape index (κ3) is 6.36. The molecule has 1 aromatic heterocycles. The van der Waals surface area contributed by atoms with Gasteiger partial charge in [-0.2, -0.15) is 13.2 Å². The molecule has 0 aliphatic carbocycles. The molecule has 0 radical (unpaired) electrons. The van der Waals surface area contributed by atoms with Gasteiger partial charge in [-0.15, -0.1) is 0 Å². The van der Waals surface area contributed by atoms with E-state index in [4.69, 9.17) is 10.5 Å². The molecule has 0 fully saturated rings. The van der Waals surface area contributed by atoms with Gasteiger partial charge in [-0.05, 0) is 43.7 Å². The topological polar surface area (TPSA) is 68.5 Å². The van der Waals surface area contributed by atoms with Gasteiger partial charge in [0.25, 0.3) is 5.91 Å². The second-order valence-corrected chi connectivity index (χ2v) is 6.92. The SMILES string of the molecule is CC.CN(CC1CCc2c(-c3ccc(F)cc3F)cc(C(N)=O)nc2O1)CC(F)(F)F. The highest BCUT2D eigenvalue weighted by atomic mass is 19.4. The number of hydrogen-bond acceptors (Lipinski definition) is 4. The molecule has 2 heterocycles. The number of primary amides is 1. The lowest BCUT2D eigenvalue weighted by molar-refractivity contribution is -0.145. The zero-order valence-corrected chi connectivity index (χ0v) is 17.4. The van der Waals surface area contributed by atoms with E-state index < -0.39 is 36.4 Å². The highest BCUT2D eigenvalue weighted by Crippen LogP contribution is 2.36. The van der Waals surface area contributed by atoms with Gasteiger partial charge in [0.15, 0.2) is 0 Å². The van der Waals surface area contributed by atoms with Crippen molar-refractivity contribution in [3.63, 3.8) is 0 Å². The van der Waals surface area contributed by atoms with Crippen molar-refractivity contribution in [2.45, 2.75) is 39.0 Å². The van der Waals surface area contributed by atoms with Crippen molar-refractivity contribution in [2.24, 2.45) is 5.73 Å². The van der Waals surface area contributed by atoms with Crippen molar-refractivity contribution >= 4 is 5.91 Å². The molecule has 31 heavy (non-hydrogen) atoms. The average Bonchev–Trinajstić information content (AvgIpc) is 2.67. The number of halogens is 5. The molecule has 0 bridgehead atoms. The van der Waals surface area contributed by atoms with Crippen LogP contribution in [0.5, 0.6) is 5.88 Å². The molecule has 1 aliphatic rings. The number of fused-ring (bicyclic) bond motifs is 1. The maximum Gasteiger partial charge on any atom is 0.401 e. The zero-order valence-electron chi connectivity index (χ0n) is 17.4. The number of ether oxygens (including phenoxy) is 1. The first-order valence-corrected chi connectivity index (χ1v) is 9.74. The predicted molar refractivity (Wildman–Crippen MR) is 106 cm³/mol. The number of nitrogens with zero attached hydrogens (tertiary/aromatic N) is 2. The third-order valence-electron chi connectivity index (χ3n) is 4.52. The first kappa shape index (κ1) is 24.5. The summed E-state index contributed by atoms with van der Waals surface area (Å²) in [5.41, 5.74) is 5.92. The normalized spacial score (nSPS) is 15.6. The molecule has 1 aliphatic heterocycles. The number of carbonyl (C=O) groups excluding carboxylic acids is 1. The highest BCUT2D eigenvalue weighted by Gasteiger charge is 2.32. The number of rotatable bonds is 5. The first-order chi connectivity index (χ1) is 14.5. The van der Waals surface area contributed by atoms with Crippen LogP contribution >= 0.6 is 0 Å². The van der Waals surface area contributed by atoms with E-state index in [0.717, 1.165) is 11.0 Å². The van der Waals surface area contributed by atoms with Crippen LogP contribution in [-0.4, -0.2) is 48.2 Å². The monoisotopic (exact) mass is 445 g/mol. The van der Waals surface area contributed by atoms with Gasteiger partial charge in [0, 0.05) is 23.7 Å². The van der Waals surface area contributed by atoms with Gasteiger partial charge in [0.1, 0.15) is 23.4 Å². The van der Waals surface area contributed by atoms with E-state index in [9.17, 15) is 26.7 Å². The molecular weight excluding hydrogens is 421 g/mol. The summed E-state index contributed by atoms with van der Waals surface area (Å²) in [6.45, 7) is 2.89. The van der Waals surface area contributed by atoms with Crippen LogP contribution in [0.1, 0.15) is 36.3 Å². The largest absolute Gasteiger partial charge is 0.473 e. The standard InChI is InChI=1S/C19H18F5N3O2.C2H6/c1-27(9-19(22,23)24)8-11-3-5-13-14(12-4-2-10(20)6-15(12)21)7-16(17(25)28)26-18(13)29-11;1-2/h2,4,6-7,11H,3,5,8-9H2,1H3,(H2,25,28);1-2H3. The van der Waals surface area contributed by atoms with E-state index in [1.54, 1.807) is 0 Å². The number of alkyl halides is 3. The summed E-state index contributed by atoms with van der Waals surface area (Å²) >= 11 is 0. The van der Waals surface area contributed by atoms with Crippen LogP contribution in [-0.2, 0) is 6.42 Å². The average molecular weight is 445 g/mol. The van der Waals surface area contributed by atoms with Crippen molar-refractivity contribution < 1.29 is 31.5 Å². The van der Waals surface area contributed by atoms with E-state index >= 15 is 0 Å². The molecule has 1 unspecified atom stereocenters. The van der Waals surface area contributed by atoms with Crippen molar-refractivity contribution in [2.75, 3.05) is 20.1 Å². The van der Waals surface area contributed by atoms with E-state index in [1.807, 2.05) is 13.8 Å². The predicted octanol–water partition coefficient (Wildman–Crippen LogP) is 4.34. The van der Waals surface area contributed by atoms with Crippen LogP contribution in [0.15, 0.2) is 24.3 Å². The number of pyridine rings is 1. The van der Waals surface area contributed by atoms with Gasteiger partial charge in [-0.25, -0.2) is 13.8 Å². The van der Waals surface area contributed by atoms with Gasteiger partial charge in [-0.3, -0.25) is 9.69 Å². The highest BCUT2D eigenvalue weighted by molar-refractivity contribution is 5.93. The van der Waals surface area contributed by atoms with E-state index in [1.165, 1.54) is 19.2 Å². The first-order valence-electron chi connectivity index (χ1n) is 9.74. The minimum absolute atomic E-state index is 0.0108. The lowest BCUT2D eigenvalue weighted by Crippen LogP contribution is -2.40. The summed E-state index contributed by atoms with van der Waals surface area (Å²) in [4.78, 5) is 16.8. The van der Waals surface area contributed by atoms with Crippen LogP contribution in [0, 0.1) is 11.6 Å². The second kappa shape index (κ2) is 10.0. The second-order valence-electron chi connectivity index (χ2n) is 6.92. The minimum atomic E-state index is -4.34. The Morgan fingerprint density at radius 3 is 2.48 bits per heavy atom. The number of likely N-dealkylation sites (N-methyl/N-ethyl adjacent to an activating group) is 1. The lowest BCUT2D eigenvalue weighted by Gasteiger charge is -2.30. The van der Waals surface area contributed by atoms with Gasteiger partial charge < -0.3 is 10.5 Å². The maximum absolute atomic E-state index is 14.3. The number of benzene rings is 1. The maximum atomic E-state index is 14.3. The number of amides is 1. The van der Waals surface area contributed by atoms with Gasteiger partial charge in [-0.1, -0.05) is 13.8 Å². The minimum Gasteiger partial charge on any atom is -0.473 e. The summed E-state index contributed by atoms with van der Waals surface area (Å²) in [5.74, 6) is -2.46. The van der Waals surface area contributed by atoms with Crippen molar-refractivity contribution in [1.29, 1.82) is 0 Å². The molecule has 3 rings (SSSR count). The van der Waals surface area contributed by atoms with Gasteiger partial charge in [0.05, 0.1) is 6.54 Å².